The van der Waals surface area contributed by atoms with E-state index in [1.54, 1.807) is 17.0 Å². The number of nitrogens with zero attached hydrogens (tertiary/aromatic N) is 1. The molecule has 0 saturated carbocycles. The number of alkyl halides is 3. The van der Waals surface area contributed by atoms with Crippen LogP contribution < -0.4 is 10.1 Å². The van der Waals surface area contributed by atoms with E-state index in [1.165, 1.54) is 25.1 Å². The van der Waals surface area contributed by atoms with Gasteiger partial charge in [-0.1, -0.05) is 48.5 Å². The maximum Gasteiger partial charge on any atom is 0.573 e. The Bertz CT molecular complexity index is 1020. The topological polar surface area (TPSA) is 84.9 Å². The number of carbonyl (C=O) groups excluding carboxylic acids is 3. The molecular formula is C24H25F3N2O5. The SMILES string of the molecule is CC(=O)N1CCC(C(=O)OCC(=O)NCc2ccccc2OC(F)(F)F)(c2ccccc2)CC1. The Morgan fingerprint density at radius 2 is 1.62 bits per heavy atom. The first-order chi connectivity index (χ1) is 16.1. The molecule has 0 bridgehead atoms. The van der Waals surface area contributed by atoms with Gasteiger partial charge in [0.05, 0.1) is 5.41 Å². The van der Waals surface area contributed by atoms with Gasteiger partial charge in [0, 0.05) is 32.1 Å². The predicted octanol–water partition coefficient (Wildman–Crippen LogP) is 3.32. The van der Waals surface area contributed by atoms with Crippen LogP contribution in [0.15, 0.2) is 54.6 Å². The van der Waals surface area contributed by atoms with E-state index in [0.717, 1.165) is 11.6 Å². The number of benzene rings is 2. The molecule has 7 nitrogen and oxygen atoms in total. The van der Waals surface area contributed by atoms with Gasteiger partial charge in [0.1, 0.15) is 5.75 Å². The molecule has 1 fully saturated rings. The van der Waals surface area contributed by atoms with Crippen LogP contribution in [-0.2, 0) is 31.1 Å². The lowest BCUT2D eigenvalue weighted by Gasteiger charge is -2.40. The number of hydrogen-bond donors (Lipinski definition) is 1. The van der Waals surface area contributed by atoms with Gasteiger partial charge in [0.15, 0.2) is 6.61 Å². The van der Waals surface area contributed by atoms with Crippen molar-refractivity contribution in [1.82, 2.24) is 10.2 Å². The van der Waals surface area contributed by atoms with Crippen LogP contribution in [0.4, 0.5) is 13.2 Å². The zero-order chi connectivity index (χ0) is 24.8. The van der Waals surface area contributed by atoms with E-state index in [4.69, 9.17) is 4.74 Å². The van der Waals surface area contributed by atoms with Gasteiger partial charge < -0.3 is 19.7 Å². The minimum Gasteiger partial charge on any atom is -0.455 e. The van der Waals surface area contributed by atoms with Gasteiger partial charge in [-0.25, -0.2) is 0 Å². The van der Waals surface area contributed by atoms with E-state index >= 15 is 0 Å². The molecule has 2 amide bonds. The number of hydrogen-bond acceptors (Lipinski definition) is 5. The first-order valence-electron chi connectivity index (χ1n) is 10.7. The summed E-state index contributed by atoms with van der Waals surface area (Å²) in [5.41, 5.74) is -0.139. The molecule has 1 aliphatic rings. The number of rotatable bonds is 7. The zero-order valence-corrected chi connectivity index (χ0v) is 18.6. The van der Waals surface area contributed by atoms with Gasteiger partial charge in [-0.3, -0.25) is 14.4 Å². The summed E-state index contributed by atoms with van der Waals surface area (Å²) in [5.74, 6) is -1.76. The third kappa shape index (κ3) is 6.27. The second-order valence-corrected chi connectivity index (χ2v) is 7.96. The van der Waals surface area contributed by atoms with Crippen LogP contribution in [0.2, 0.25) is 0 Å². The largest absolute Gasteiger partial charge is 0.573 e. The van der Waals surface area contributed by atoms with Crippen molar-refractivity contribution >= 4 is 17.8 Å². The van der Waals surface area contributed by atoms with E-state index in [9.17, 15) is 27.6 Å². The van der Waals surface area contributed by atoms with Crippen LogP contribution in [0, 0.1) is 0 Å². The smallest absolute Gasteiger partial charge is 0.455 e. The van der Waals surface area contributed by atoms with Gasteiger partial charge >= 0.3 is 12.3 Å². The summed E-state index contributed by atoms with van der Waals surface area (Å²) in [6.07, 6.45) is -4.17. The second kappa shape index (κ2) is 10.6. The van der Waals surface area contributed by atoms with E-state index in [1.807, 2.05) is 18.2 Å². The zero-order valence-electron chi connectivity index (χ0n) is 18.6. The van der Waals surface area contributed by atoms with Crippen molar-refractivity contribution < 1.29 is 37.0 Å². The van der Waals surface area contributed by atoms with Crippen LogP contribution in [-0.4, -0.2) is 48.7 Å². The van der Waals surface area contributed by atoms with E-state index in [2.05, 4.69) is 10.1 Å². The summed E-state index contributed by atoms with van der Waals surface area (Å²) in [6, 6.07) is 14.5. The summed E-state index contributed by atoms with van der Waals surface area (Å²) >= 11 is 0. The summed E-state index contributed by atoms with van der Waals surface area (Å²) in [5, 5.41) is 2.44. The highest BCUT2D eigenvalue weighted by atomic mass is 19.4. The fourth-order valence-electron chi connectivity index (χ4n) is 3.96. The van der Waals surface area contributed by atoms with Crippen molar-refractivity contribution in [2.75, 3.05) is 19.7 Å². The number of amides is 2. The van der Waals surface area contributed by atoms with Crippen molar-refractivity contribution in [2.45, 2.75) is 38.1 Å². The van der Waals surface area contributed by atoms with Gasteiger partial charge in [-0.05, 0) is 24.5 Å². The maximum atomic E-state index is 13.1. The number of para-hydroxylation sites is 1. The van der Waals surface area contributed by atoms with Crippen LogP contribution in [0.3, 0.4) is 0 Å². The lowest BCUT2D eigenvalue weighted by molar-refractivity contribution is -0.274. The standard InChI is InChI=1S/C24H25F3N2O5/c1-17(30)29-13-11-23(12-14-29,19-8-3-2-4-9-19)22(32)33-16-21(31)28-15-18-7-5-6-10-20(18)34-24(25,26)27/h2-10H,11-16H2,1H3,(H,28,31). The molecule has 1 N–H and O–H groups in total. The molecular weight excluding hydrogens is 453 g/mol. The number of halogens is 3. The van der Waals surface area contributed by atoms with Crippen LogP contribution in [0.1, 0.15) is 30.9 Å². The summed E-state index contributed by atoms with van der Waals surface area (Å²) < 4.78 is 47.0. The lowest BCUT2D eigenvalue weighted by atomic mass is 9.72. The van der Waals surface area contributed by atoms with Crippen molar-refractivity contribution in [3.05, 3.63) is 65.7 Å². The molecule has 182 valence electrons. The molecule has 1 aliphatic heterocycles. The van der Waals surface area contributed by atoms with Gasteiger partial charge in [0.2, 0.25) is 5.91 Å². The first-order valence-corrected chi connectivity index (χ1v) is 10.7. The van der Waals surface area contributed by atoms with Crippen molar-refractivity contribution in [2.24, 2.45) is 0 Å². The number of carbonyl (C=O) groups is 3. The Kier molecular flexibility index (Phi) is 7.80. The maximum absolute atomic E-state index is 13.1. The van der Waals surface area contributed by atoms with E-state index in [0.29, 0.717) is 25.9 Å². The number of nitrogens with one attached hydrogen (secondary N) is 1. The second-order valence-electron chi connectivity index (χ2n) is 7.96. The normalized spacial score (nSPS) is 15.4. The fourth-order valence-corrected chi connectivity index (χ4v) is 3.96. The number of likely N-dealkylation sites (tertiary alicyclic amines) is 1. The molecule has 10 heteroatoms. The highest BCUT2D eigenvalue weighted by molar-refractivity contribution is 5.87. The Hall–Kier alpha value is -3.56. The average molecular weight is 478 g/mol. The molecule has 1 saturated heterocycles. The number of esters is 1. The molecule has 0 aromatic heterocycles. The quantitative estimate of drug-likeness (QED) is 0.618. The van der Waals surface area contributed by atoms with Crippen molar-refractivity contribution in [1.29, 1.82) is 0 Å². The Balaban J connectivity index is 1.62. The van der Waals surface area contributed by atoms with Crippen molar-refractivity contribution in [3.63, 3.8) is 0 Å². The molecule has 34 heavy (non-hydrogen) atoms. The monoisotopic (exact) mass is 478 g/mol. The molecule has 0 atom stereocenters. The molecule has 0 spiro atoms. The third-order valence-corrected chi connectivity index (χ3v) is 5.79. The molecule has 0 aliphatic carbocycles. The predicted molar refractivity (Wildman–Crippen MR) is 116 cm³/mol. The van der Waals surface area contributed by atoms with Crippen LogP contribution in [0.5, 0.6) is 5.75 Å². The molecule has 1 heterocycles. The summed E-state index contributed by atoms with van der Waals surface area (Å²) in [6.45, 7) is 1.39. The Morgan fingerprint density at radius 1 is 1.00 bits per heavy atom. The lowest BCUT2D eigenvalue weighted by Crippen LogP contribution is -2.49. The summed E-state index contributed by atoms with van der Waals surface area (Å²) in [4.78, 5) is 38.8. The molecule has 3 rings (SSSR count). The van der Waals surface area contributed by atoms with Crippen LogP contribution >= 0.6 is 0 Å². The number of piperidine rings is 1. The Labute approximate surface area is 194 Å². The average Bonchev–Trinajstić information content (AvgIpc) is 2.81. The van der Waals surface area contributed by atoms with E-state index in [-0.39, 0.29) is 18.0 Å². The van der Waals surface area contributed by atoms with Gasteiger partial charge in [-0.15, -0.1) is 13.2 Å². The number of ether oxygens (including phenoxy) is 2. The first kappa shape index (κ1) is 25.1. The molecule has 0 unspecified atom stereocenters. The highest BCUT2D eigenvalue weighted by Gasteiger charge is 2.45. The van der Waals surface area contributed by atoms with Gasteiger partial charge in [0.25, 0.3) is 5.91 Å². The highest BCUT2D eigenvalue weighted by Crippen LogP contribution is 2.37. The molecule has 2 aromatic rings. The van der Waals surface area contributed by atoms with Crippen molar-refractivity contribution in [3.8, 4) is 5.75 Å². The van der Waals surface area contributed by atoms with Crippen LogP contribution in [0.25, 0.3) is 0 Å². The fraction of sp³-hybridized carbons (Fsp3) is 0.375. The molecule has 2 aromatic carbocycles. The Morgan fingerprint density at radius 3 is 2.24 bits per heavy atom. The third-order valence-electron chi connectivity index (χ3n) is 5.79. The minimum absolute atomic E-state index is 0.0795. The minimum atomic E-state index is -4.86. The van der Waals surface area contributed by atoms with Gasteiger partial charge in [-0.2, -0.15) is 0 Å². The summed E-state index contributed by atoms with van der Waals surface area (Å²) in [7, 11) is 0. The van der Waals surface area contributed by atoms with E-state index < -0.39 is 36.0 Å². The molecule has 0 radical (unpaired) electrons.